The zero-order valence-corrected chi connectivity index (χ0v) is 19.0. The standard InChI is InChI=1S/C23H22F6N4O4/c24-22(25,26)16-8-4-7-15(11-16)17(9-10-34)30-19(36)13-33-21(37)32(12-18(35)23(27,28)29)20(31-33)14-5-2-1-3-6-14/h1-8,11,17-18,34-35H,9-10,12-13H2,(H,30,36)/t17?,18-/m0/s1. The second-order valence-electron chi connectivity index (χ2n) is 8.05. The molecule has 0 aliphatic carbocycles. The first-order valence-electron chi connectivity index (χ1n) is 10.9. The van der Waals surface area contributed by atoms with Crippen LogP contribution in [0.1, 0.15) is 23.6 Å². The van der Waals surface area contributed by atoms with Crippen LogP contribution in [0.4, 0.5) is 26.3 Å². The fourth-order valence-electron chi connectivity index (χ4n) is 3.54. The molecular weight excluding hydrogens is 510 g/mol. The summed E-state index contributed by atoms with van der Waals surface area (Å²) in [6.45, 7) is -2.44. The van der Waals surface area contributed by atoms with Crippen molar-refractivity contribution in [2.75, 3.05) is 6.61 Å². The van der Waals surface area contributed by atoms with Gasteiger partial charge in [-0.15, -0.1) is 5.10 Å². The summed E-state index contributed by atoms with van der Waals surface area (Å²) in [4.78, 5) is 25.5. The zero-order valence-electron chi connectivity index (χ0n) is 19.0. The van der Waals surface area contributed by atoms with Crippen LogP contribution < -0.4 is 11.0 Å². The molecule has 0 bridgehead atoms. The van der Waals surface area contributed by atoms with Crippen LogP contribution in [-0.2, 0) is 24.1 Å². The summed E-state index contributed by atoms with van der Waals surface area (Å²) in [6, 6.07) is 10.7. The fourth-order valence-corrected chi connectivity index (χ4v) is 3.54. The van der Waals surface area contributed by atoms with Crippen molar-refractivity contribution in [1.29, 1.82) is 0 Å². The minimum absolute atomic E-state index is 0.0494. The molecule has 2 atom stereocenters. The van der Waals surface area contributed by atoms with E-state index in [1.54, 1.807) is 18.2 Å². The van der Waals surface area contributed by atoms with Crippen LogP contribution in [0.15, 0.2) is 59.4 Å². The van der Waals surface area contributed by atoms with E-state index in [1.807, 2.05) is 0 Å². The molecule has 1 unspecified atom stereocenters. The first-order valence-corrected chi connectivity index (χ1v) is 10.9. The monoisotopic (exact) mass is 532 g/mol. The van der Waals surface area contributed by atoms with Crippen LogP contribution in [0.25, 0.3) is 11.4 Å². The van der Waals surface area contributed by atoms with E-state index < -0.39 is 61.4 Å². The lowest BCUT2D eigenvalue weighted by Crippen LogP contribution is -2.39. The molecule has 0 saturated heterocycles. The van der Waals surface area contributed by atoms with E-state index in [9.17, 15) is 46.1 Å². The summed E-state index contributed by atoms with van der Waals surface area (Å²) in [5, 5.41) is 25.2. The first kappa shape index (κ1) is 27.9. The maximum Gasteiger partial charge on any atom is 0.416 e. The third-order valence-corrected chi connectivity index (χ3v) is 5.35. The van der Waals surface area contributed by atoms with Crippen molar-refractivity contribution in [1.82, 2.24) is 19.7 Å². The average molecular weight is 532 g/mol. The summed E-state index contributed by atoms with van der Waals surface area (Å²) in [7, 11) is 0. The molecule has 0 spiro atoms. The van der Waals surface area contributed by atoms with E-state index in [2.05, 4.69) is 10.4 Å². The number of alkyl halides is 6. The van der Waals surface area contributed by atoms with Crippen LogP contribution in [-0.4, -0.2) is 49.4 Å². The van der Waals surface area contributed by atoms with Crippen molar-refractivity contribution in [2.24, 2.45) is 0 Å². The quantitative estimate of drug-likeness (QED) is 0.368. The number of benzene rings is 2. The molecule has 200 valence electrons. The normalized spacial score (nSPS) is 13.8. The van der Waals surface area contributed by atoms with E-state index in [0.29, 0.717) is 9.25 Å². The molecule has 1 heterocycles. The van der Waals surface area contributed by atoms with Gasteiger partial charge in [0, 0.05) is 12.2 Å². The number of hydrogen-bond donors (Lipinski definition) is 3. The highest BCUT2D eigenvalue weighted by molar-refractivity contribution is 5.76. The lowest BCUT2D eigenvalue weighted by molar-refractivity contribution is -0.207. The van der Waals surface area contributed by atoms with Crippen LogP contribution >= 0.6 is 0 Å². The Labute approximate surface area is 205 Å². The van der Waals surface area contributed by atoms with Gasteiger partial charge in [-0.05, 0) is 24.1 Å². The molecule has 0 aliphatic heterocycles. The van der Waals surface area contributed by atoms with E-state index in [0.717, 1.165) is 18.2 Å². The average Bonchev–Trinajstić information content (AvgIpc) is 3.13. The van der Waals surface area contributed by atoms with Gasteiger partial charge in [-0.2, -0.15) is 26.3 Å². The number of carbonyl (C=O) groups excluding carboxylic acids is 1. The van der Waals surface area contributed by atoms with Crippen molar-refractivity contribution in [3.8, 4) is 11.4 Å². The Morgan fingerprint density at radius 2 is 1.70 bits per heavy atom. The van der Waals surface area contributed by atoms with Gasteiger partial charge in [0.2, 0.25) is 5.91 Å². The number of hydrogen-bond acceptors (Lipinski definition) is 5. The Morgan fingerprint density at radius 3 is 2.30 bits per heavy atom. The summed E-state index contributed by atoms with van der Waals surface area (Å²) in [5.41, 5.74) is -1.79. The number of nitrogens with zero attached hydrogens (tertiary/aromatic N) is 3. The molecule has 14 heteroatoms. The number of aliphatic hydroxyl groups excluding tert-OH is 2. The molecule has 0 saturated carbocycles. The number of carbonyl (C=O) groups is 1. The van der Waals surface area contributed by atoms with Crippen molar-refractivity contribution in [2.45, 2.75) is 44.0 Å². The second kappa shape index (κ2) is 11.2. The molecule has 1 aromatic heterocycles. The smallest absolute Gasteiger partial charge is 0.396 e. The van der Waals surface area contributed by atoms with E-state index >= 15 is 0 Å². The van der Waals surface area contributed by atoms with Crippen molar-refractivity contribution in [3.05, 3.63) is 76.2 Å². The third kappa shape index (κ3) is 6.98. The largest absolute Gasteiger partial charge is 0.416 e. The summed E-state index contributed by atoms with van der Waals surface area (Å²) >= 11 is 0. The van der Waals surface area contributed by atoms with Crippen LogP contribution in [0, 0.1) is 0 Å². The molecule has 3 N–H and O–H groups in total. The van der Waals surface area contributed by atoms with Gasteiger partial charge in [0.15, 0.2) is 11.9 Å². The van der Waals surface area contributed by atoms with Gasteiger partial charge in [0.1, 0.15) is 6.54 Å². The number of nitrogens with one attached hydrogen (secondary N) is 1. The highest BCUT2D eigenvalue weighted by Crippen LogP contribution is 2.31. The molecule has 0 radical (unpaired) electrons. The molecule has 1 amide bonds. The highest BCUT2D eigenvalue weighted by atomic mass is 19.4. The Balaban J connectivity index is 1.89. The summed E-state index contributed by atoms with van der Waals surface area (Å²) < 4.78 is 79.3. The van der Waals surface area contributed by atoms with Gasteiger partial charge in [0.05, 0.1) is 18.2 Å². The van der Waals surface area contributed by atoms with Crippen molar-refractivity contribution >= 4 is 5.91 Å². The minimum atomic E-state index is -5.02. The van der Waals surface area contributed by atoms with Crippen molar-refractivity contribution in [3.63, 3.8) is 0 Å². The number of rotatable bonds is 9. The maximum atomic E-state index is 13.1. The molecule has 3 rings (SSSR count). The van der Waals surface area contributed by atoms with E-state index in [-0.39, 0.29) is 23.4 Å². The third-order valence-electron chi connectivity index (χ3n) is 5.35. The van der Waals surface area contributed by atoms with Gasteiger partial charge < -0.3 is 15.5 Å². The number of aromatic nitrogens is 3. The molecule has 8 nitrogen and oxygen atoms in total. The minimum Gasteiger partial charge on any atom is -0.396 e. The maximum absolute atomic E-state index is 13.1. The Morgan fingerprint density at radius 1 is 1.03 bits per heavy atom. The molecular formula is C23H22F6N4O4. The van der Waals surface area contributed by atoms with E-state index in [4.69, 9.17) is 0 Å². The Kier molecular flexibility index (Phi) is 8.43. The lowest BCUT2D eigenvalue weighted by atomic mass is 10.0. The topological polar surface area (TPSA) is 109 Å². The fraction of sp³-hybridized carbons (Fsp3) is 0.348. The van der Waals surface area contributed by atoms with Gasteiger partial charge in [0.25, 0.3) is 0 Å². The lowest BCUT2D eigenvalue weighted by Gasteiger charge is -2.19. The first-order chi connectivity index (χ1) is 17.3. The number of halogens is 6. The molecule has 3 aromatic rings. The number of aliphatic hydroxyl groups is 2. The molecule has 0 fully saturated rings. The summed E-state index contributed by atoms with van der Waals surface area (Å²) in [5.74, 6) is -1.12. The van der Waals surface area contributed by atoms with Crippen LogP contribution in [0.5, 0.6) is 0 Å². The van der Waals surface area contributed by atoms with Crippen LogP contribution in [0.3, 0.4) is 0 Å². The highest BCUT2D eigenvalue weighted by Gasteiger charge is 2.39. The second-order valence-corrected chi connectivity index (χ2v) is 8.05. The van der Waals surface area contributed by atoms with Crippen LogP contribution in [0.2, 0.25) is 0 Å². The van der Waals surface area contributed by atoms with Gasteiger partial charge in [-0.1, -0.05) is 42.5 Å². The van der Waals surface area contributed by atoms with Gasteiger partial charge in [-0.3, -0.25) is 9.36 Å². The summed E-state index contributed by atoms with van der Waals surface area (Å²) in [6.07, 6.45) is -12.7. The van der Waals surface area contributed by atoms with Crippen molar-refractivity contribution < 1.29 is 41.4 Å². The van der Waals surface area contributed by atoms with Gasteiger partial charge in [-0.25, -0.2) is 9.48 Å². The predicted molar refractivity (Wildman–Crippen MR) is 118 cm³/mol. The Bertz CT molecular complexity index is 1270. The molecule has 0 aliphatic rings. The van der Waals surface area contributed by atoms with E-state index in [1.165, 1.54) is 18.2 Å². The SMILES string of the molecule is O=C(Cn1nc(-c2ccccc2)n(C[C@H](O)C(F)(F)F)c1=O)NC(CCO)c1cccc(C(F)(F)F)c1. The predicted octanol–water partition coefficient (Wildman–Crippen LogP) is 2.89. The molecule has 2 aromatic carbocycles. The number of amides is 1. The van der Waals surface area contributed by atoms with Gasteiger partial charge >= 0.3 is 18.0 Å². The zero-order chi connectivity index (χ0) is 27.4. The Hall–Kier alpha value is -3.65. The molecule has 37 heavy (non-hydrogen) atoms.